The summed E-state index contributed by atoms with van der Waals surface area (Å²) in [4.78, 5) is 16.9. The van der Waals surface area contributed by atoms with E-state index in [1.165, 1.54) is 12.1 Å². The van der Waals surface area contributed by atoms with Crippen molar-refractivity contribution in [3.05, 3.63) is 77.2 Å². The van der Waals surface area contributed by atoms with Crippen molar-refractivity contribution in [1.82, 2.24) is 10.3 Å². The van der Waals surface area contributed by atoms with E-state index < -0.39 is 0 Å². The minimum atomic E-state index is -0.260. The van der Waals surface area contributed by atoms with Crippen LogP contribution in [0.5, 0.6) is 0 Å². The number of benzene rings is 2. The first-order valence-electron chi connectivity index (χ1n) is 7.52. The largest absolute Gasteiger partial charge is 0.352 e. The molecule has 1 heterocycles. The van der Waals surface area contributed by atoms with Crippen LogP contribution in [0.4, 0.5) is 4.39 Å². The van der Waals surface area contributed by atoms with Crippen LogP contribution in [0.3, 0.4) is 0 Å². The Kier molecular flexibility index (Phi) is 4.33. The molecule has 0 fully saturated rings. The van der Waals surface area contributed by atoms with Crippen molar-refractivity contribution in [2.24, 2.45) is 0 Å². The van der Waals surface area contributed by atoms with Crippen LogP contribution in [0.1, 0.15) is 21.6 Å². The van der Waals surface area contributed by atoms with E-state index in [0.717, 1.165) is 22.2 Å². The predicted octanol–water partition coefficient (Wildman–Crippen LogP) is 3.65. The average molecular weight is 308 g/mol. The number of hydrogen-bond acceptors (Lipinski definition) is 2. The fourth-order valence-corrected chi connectivity index (χ4v) is 2.60. The molecule has 3 rings (SSSR count). The van der Waals surface area contributed by atoms with Gasteiger partial charge in [0.25, 0.3) is 5.91 Å². The number of carbonyl (C=O) groups excluding carboxylic acids is 1. The zero-order chi connectivity index (χ0) is 16.2. The molecule has 0 aliphatic rings. The van der Waals surface area contributed by atoms with Gasteiger partial charge in [0.2, 0.25) is 0 Å². The number of halogens is 1. The smallest absolute Gasteiger partial charge is 0.252 e. The molecule has 0 saturated heterocycles. The quantitative estimate of drug-likeness (QED) is 0.799. The number of pyridine rings is 1. The first-order valence-corrected chi connectivity index (χ1v) is 7.52. The summed E-state index contributed by atoms with van der Waals surface area (Å²) in [5, 5.41) is 3.73. The third-order valence-electron chi connectivity index (χ3n) is 3.68. The van der Waals surface area contributed by atoms with Crippen molar-refractivity contribution < 1.29 is 9.18 Å². The first-order chi connectivity index (χ1) is 11.1. The lowest BCUT2D eigenvalue weighted by molar-refractivity contribution is 0.0955. The van der Waals surface area contributed by atoms with Gasteiger partial charge in [0.05, 0.1) is 11.1 Å². The molecule has 23 heavy (non-hydrogen) atoms. The molecule has 0 spiro atoms. The molecular formula is C19H17FN2O. The maximum absolute atomic E-state index is 13.1. The van der Waals surface area contributed by atoms with Crippen molar-refractivity contribution in [2.75, 3.05) is 6.54 Å². The van der Waals surface area contributed by atoms with Crippen LogP contribution in [0.25, 0.3) is 10.9 Å². The maximum atomic E-state index is 13.1. The Morgan fingerprint density at radius 1 is 1.13 bits per heavy atom. The van der Waals surface area contributed by atoms with Gasteiger partial charge in [-0.3, -0.25) is 9.78 Å². The lowest BCUT2D eigenvalue weighted by atomic mass is 10.1. The number of nitrogens with zero attached hydrogens (tertiary/aromatic N) is 1. The molecule has 2 aromatic carbocycles. The van der Waals surface area contributed by atoms with Gasteiger partial charge in [0.15, 0.2) is 0 Å². The van der Waals surface area contributed by atoms with Crippen LogP contribution in [0, 0.1) is 12.7 Å². The summed E-state index contributed by atoms with van der Waals surface area (Å²) in [7, 11) is 0. The highest BCUT2D eigenvalue weighted by atomic mass is 19.1. The Balaban J connectivity index is 1.74. The van der Waals surface area contributed by atoms with Gasteiger partial charge in [0.1, 0.15) is 5.82 Å². The van der Waals surface area contributed by atoms with E-state index in [0.29, 0.717) is 18.5 Å². The Morgan fingerprint density at radius 3 is 2.78 bits per heavy atom. The van der Waals surface area contributed by atoms with E-state index >= 15 is 0 Å². The van der Waals surface area contributed by atoms with Gasteiger partial charge in [-0.1, -0.05) is 30.3 Å². The predicted molar refractivity (Wildman–Crippen MR) is 88.9 cm³/mol. The van der Waals surface area contributed by atoms with Crippen molar-refractivity contribution in [2.45, 2.75) is 13.3 Å². The van der Waals surface area contributed by atoms with E-state index in [4.69, 9.17) is 0 Å². The average Bonchev–Trinajstić information content (AvgIpc) is 2.54. The minimum Gasteiger partial charge on any atom is -0.352 e. The molecule has 0 unspecified atom stereocenters. The van der Waals surface area contributed by atoms with Crippen molar-refractivity contribution in [3.63, 3.8) is 0 Å². The zero-order valence-corrected chi connectivity index (χ0v) is 12.8. The molecule has 0 bridgehead atoms. The highest BCUT2D eigenvalue weighted by Gasteiger charge is 2.11. The third kappa shape index (κ3) is 3.54. The van der Waals surface area contributed by atoms with Gasteiger partial charge in [-0.15, -0.1) is 0 Å². The normalized spacial score (nSPS) is 10.7. The second-order valence-corrected chi connectivity index (χ2v) is 5.46. The van der Waals surface area contributed by atoms with E-state index in [-0.39, 0.29) is 11.7 Å². The van der Waals surface area contributed by atoms with Gasteiger partial charge in [-0.25, -0.2) is 4.39 Å². The number of amides is 1. The lowest BCUT2D eigenvalue weighted by Crippen LogP contribution is -2.26. The number of aryl methyl sites for hydroxylation is 1. The van der Waals surface area contributed by atoms with Gasteiger partial charge in [0, 0.05) is 17.6 Å². The van der Waals surface area contributed by atoms with Gasteiger partial charge < -0.3 is 5.32 Å². The van der Waals surface area contributed by atoms with Crippen molar-refractivity contribution >= 4 is 16.8 Å². The summed E-state index contributed by atoms with van der Waals surface area (Å²) in [6, 6.07) is 15.8. The molecule has 0 aliphatic heterocycles. The monoisotopic (exact) mass is 308 g/mol. The van der Waals surface area contributed by atoms with Crippen LogP contribution in [0.15, 0.2) is 54.6 Å². The van der Waals surface area contributed by atoms with E-state index in [2.05, 4.69) is 10.3 Å². The maximum Gasteiger partial charge on any atom is 0.252 e. The van der Waals surface area contributed by atoms with Crippen LogP contribution in [-0.2, 0) is 6.42 Å². The van der Waals surface area contributed by atoms with E-state index in [1.54, 1.807) is 12.1 Å². The summed E-state index contributed by atoms with van der Waals surface area (Å²) in [6.07, 6.45) is 0.589. The highest BCUT2D eigenvalue weighted by Crippen LogP contribution is 2.18. The van der Waals surface area contributed by atoms with E-state index in [1.807, 2.05) is 37.3 Å². The second kappa shape index (κ2) is 6.57. The van der Waals surface area contributed by atoms with Gasteiger partial charge >= 0.3 is 0 Å². The number of para-hydroxylation sites is 1. The highest BCUT2D eigenvalue weighted by molar-refractivity contribution is 6.06. The standard InChI is InChI=1S/C19H17FN2O/c1-13-11-17(16-7-2-3-8-18(16)22-13)19(23)21-10-9-14-5-4-6-15(20)12-14/h2-8,11-12H,9-10H2,1H3,(H,21,23). The SMILES string of the molecule is Cc1cc(C(=O)NCCc2cccc(F)c2)c2ccccc2n1. The molecule has 1 aromatic heterocycles. The summed E-state index contributed by atoms with van der Waals surface area (Å²) in [5.74, 6) is -0.396. The molecular weight excluding hydrogens is 291 g/mol. The van der Waals surface area contributed by atoms with Gasteiger partial charge in [-0.2, -0.15) is 0 Å². The Morgan fingerprint density at radius 2 is 1.96 bits per heavy atom. The number of rotatable bonds is 4. The molecule has 0 saturated carbocycles. The number of carbonyl (C=O) groups is 1. The fourth-order valence-electron chi connectivity index (χ4n) is 2.60. The molecule has 1 amide bonds. The Bertz CT molecular complexity index is 861. The molecule has 3 nitrogen and oxygen atoms in total. The van der Waals surface area contributed by atoms with Crippen molar-refractivity contribution in [3.8, 4) is 0 Å². The zero-order valence-electron chi connectivity index (χ0n) is 12.8. The summed E-state index contributed by atoms with van der Waals surface area (Å²) in [6.45, 7) is 2.33. The van der Waals surface area contributed by atoms with Crippen molar-refractivity contribution in [1.29, 1.82) is 0 Å². The number of nitrogens with one attached hydrogen (secondary N) is 1. The molecule has 1 N–H and O–H groups in total. The Hall–Kier alpha value is -2.75. The molecule has 0 radical (unpaired) electrons. The number of hydrogen-bond donors (Lipinski definition) is 1. The molecule has 0 atom stereocenters. The molecule has 0 aliphatic carbocycles. The van der Waals surface area contributed by atoms with Crippen LogP contribution < -0.4 is 5.32 Å². The minimum absolute atomic E-state index is 0.136. The van der Waals surface area contributed by atoms with E-state index in [9.17, 15) is 9.18 Å². The topological polar surface area (TPSA) is 42.0 Å². The fraction of sp³-hybridized carbons (Fsp3) is 0.158. The third-order valence-corrected chi connectivity index (χ3v) is 3.68. The number of fused-ring (bicyclic) bond motifs is 1. The first kappa shape index (κ1) is 15.2. The van der Waals surface area contributed by atoms with Crippen LogP contribution in [-0.4, -0.2) is 17.4 Å². The van der Waals surface area contributed by atoms with Gasteiger partial charge in [-0.05, 0) is 43.2 Å². The summed E-state index contributed by atoms with van der Waals surface area (Å²) < 4.78 is 13.1. The summed E-state index contributed by atoms with van der Waals surface area (Å²) >= 11 is 0. The lowest BCUT2D eigenvalue weighted by Gasteiger charge is -2.09. The number of aromatic nitrogens is 1. The molecule has 4 heteroatoms. The molecule has 116 valence electrons. The molecule has 3 aromatic rings. The van der Waals surface area contributed by atoms with Crippen LogP contribution >= 0.6 is 0 Å². The Labute approximate surface area is 134 Å². The summed E-state index contributed by atoms with van der Waals surface area (Å²) in [5.41, 5.74) is 3.09. The second-order valence-electron chi connectivity index (χ2n) is 5.46. The van der Waals surface area contributed by atoms with Crippen LogP contribution in [0.2, 0.25) is 0 Å².